The molecule has 0 aliphatic carbocycles. The molecule has 10 nitrogen and oxygen atoms in total. The Morgan fingerprint density at radius 1 is 0.890 bits per heavy atom. The number of ether oxygens (including phenoxy) is 1. The standard InChI is InChI=1S/C59H71F3N4O6S/c1-7-13-40(32-53(68)63-35-41-36-65(37-41)56(70)45-24-29-49-44(33-45)16-10-19-52(49)72-48-27-25-46(26-28-48)59(60,61)62)15-8-9-17-47(67)34-50(58(4,5)6)57(71)66-30-11-18-51(66)55(69)64-39(3)42-20-22-43(23-21-42)54-38(2)14-12-31-73-54/h10,12,16,19-29,31,33,39-41,50-51H,7-9,11,13-15,17-18,30,32,34-37H2,1-6H3,(H,63,68)(H,64,69)/t39-,40?,50+,51-/m0/s1. The SMILES string of the molecule is CCCC(CCCCC(=O)C[C@H](C(=O)N1CCC[C@H]1C(=O)N[C@@H](C)c1ccc(C2=C(C)CC=CS2)cc1)C(C)(C)C)CC(=O)NCC1CN(C(=O)c2ccc3c(Oc4ccc(C(F)(F)F)cc4)cccc3c2)C1. The molecule has 0 radical (unpaired) electrons. The van der Waals surface area contributed by atoms with Crippen molar-refractivity contribution in [2.75, 3.05) is 26.2 Å². The molecule has 4 aromatic rings. The van der Waals surface area contributed by atoms with Crippen molar-refractivity contribution in [1.82, 2.24) is 20.4 Å². The lowest BCUT2D eigenvalue weighted by Crippen LogP contribution is -2.53. The van der Waals surface area contributed by atoms with E-state index in [4.69, 9.17) is 4.74 Å². The molecule has 7 rings (SSSR count). The minimum absolute atomic E-state index is 0.0213. The summed E-state index contributed by atoms with van der Waals surface area (Å²) in [5, 5.41) is 9.85. The summed E-state index contributed by atoms with van der Waals surface area (Å²) in [6.45, 7) is 14.2. The minimum atomic E-state index is -4.44. The molecule has 1 unspecified atom stereocenters. The number of carbonyl (C=O) groups is 5. The highest BCUT2D eigenvalue weighted by molar-refractivity contribution is 8.11. The highest BCUT2D eigenvalue weighted by Gasteiger charge is 2.42. The molecule has 390 valence electrons. The zero-order valence-electron chi connectivity index (χ0n) is 43.1. The molecular formula is C59H71F3N4O6S. The number of Topliss-reactive ketones (excluding diaryl/α,β-unsaturated/α-hetero) is 1. The predicted molar refractivity (Wildman–Crippen MR) is 284 cm³/mol. The van der Waals surface area contributed by atoms with Crippen LogP contribution in [0, 0.1) is 23.2 Å². The van der Waals surface area contributed by atoms with E-state index in [0.717, 1.165) is 72.6 Å². The smallest absolute Gasteiger partial charge is 0.416 e. The Labute approximate surface area is 432 Å². The minimum Gasteiger partial charge on any atom is -0.457 e. The highest BCUT2D eigenvalue weighted by atomic mass is 32.2. The maximum absolute atomic E-state index is 14.3. The van der Waals surface area contributed by atoms with Gasteiger partial charge in [0.1, 0.15) is 23.3 Å². The summed E-state index contributed by atoms with van der Waals surface area (Å²) in [6.07, 6.45) is 4.98. The van der Waals surface area contributed by atoms with Gasteiger partial charge in [-0.15, -0.1) is 0 Å². The molecule has 2 saturated heterocycles. The number of hydrogen-bond donors (Lipinski definition) is 2. The first-order valence-corrected chi connectivity index (χ1v) is 26.8. The van der Waals surface area contributed by atoms with E-state index in [1.807, 2.05) is 33.8 Å². The van der Waals surface area contributed by atoms with Gasteiger partial charge < -0.3 is 25.2 Å². The van der Waals surface area contributed by atoms with E-state index in [0.29, 0.717) is 63.2 Å². The van der Waals surface area contributed by atoms with E-state index in [-0.39, 0.29) is 59.5 Å². The molecule has 2 N–H and O–H groups in total. The summed E-state index contributed by atoms with van der Waals surface area (Å²) in [4.78, 5) is 72.8. The van der Waals surface area contributed by atoms with Crippen molar-refractivity contribution in [3.63, 3.8) is 0 Å². The molecule has 4 amide bonds. The van der Waals surface area contributed by atoms with Crippen molar-refractivity contribution in [3.05, 3.63) is 124 Å². The third kappa shape index (κ3) is 14.5. The molecule has 14 heteroatoms. The number of likely N-dealkylation sites (tertiary alicyclic amines) is 2. The summed E-state index contributed by atoms with van der Waals surface area (Å²) in [6, 6.07) is 22.6. The molecule has 0 bridgehead atoms. The fraction of sp³-hybridized carbons (Fsp3) is 0.475. The Morgan fingerprint density at radius 2 is 1.63 bits per heavy atom. The topological polar surface area (TPSA) is 125 Å². The molecular weight excluding hydrogens is 950 g/mol. The van der Waals surface area contributed by atoms with E-state index in [9.17, 15) is 37.1 Å². The number of unbranched alkanes of at least 4 members (excludes halogenated alkanes) is 1. The van der Waals surface area contributed by atoms with Gasteiger partial charge in [0, 0.05) is 73.1 Å². The lowest BCUT2D eigenvalue weighted by molar-refractivity contribution is -0.146. The van der Waals surface area contributed by atoms with Crippen LogP contribution in [0.25, 0.3) is 15.7 Å². The van der Waals surface area contributed by atoms with Crippen molar-refractivity contribution < 1.29 is 41.9 Å². The molecule has 0 aromatic heterocycles. The average Bonchev–Trinajstić information content (AvgIpc) is 3.84. The number of thioether (sulfide) groups is 1. The number of fused-ring (bicyclic) bond motifs is 1. The average molecular weight is 1020 g/mol. The lowest BCUT2D eigenvalue weighted by atomic mass is 9.76. The van der Waals surface area contributed by atoms with E-state index in [2.05, 4.69) is 60.2 Å². The van der Waals surface area contributed by atoms with Gasteiger partial charge in [-0.05, 0) is 128 Å². The maximum atomic E-state index is 14.3. The number of allylic oxidation sites excluding steroid dienone is 2. The zero-order valence-corrected chi connectivity index (χ0v) is 43.9. The fourth-order valence-electron chi connectivity index (χ4n) is 10.2. The predicted octanol–water partition coefficient (Wildman–Crippen LogP) is 13.1. The molecule has 4 atom stereocenters. The first-order chi connectivity index (χ1) is 34.8. The Hall–Kier alpha value is -5.89. The van der Waals surface area contributed by atoms with Crippen LogP contribution in [0.1, 0.15) is 145 Å². The van der Waals surface area contributed by atoms with E-state index in [1.165, 1.54) is 22.6 Å². The Morgan fingerprint density at radius 3 is 2.32 bits per heavy atom. The van der Waals surface area contributed by atoms with Crippen LogP contribution in [0.15, 0.2) is 102 Å². The summed E-state index contributed by atoms with van der Waals surface area (Å²) >= 11 is 1.73. The number of hydrogen-bond acceptors (Lipinski definition) is 7. The van der Waals surface area contributed by atoms with Crippen molar-refractivity contribution in [2.24, 2.45) is 23.2 Å². The number of nitrogens with zero attached hydrogens (tertiary/aromatic N) is 2. The second kappa shape index (κ2) is 24.4. The number of alkyl halides is 3. The summed E-state index contributed by atoms with van der Waals surface area (Å²) in [5.74, 6) is 0.0759. The molecule has 3 heterocycles. The normalized spacial score (nSPS) is 17.5. The molecule has 3 aliphatic rings. The Bertz CT molecular complexity index is 2670. The molecule has 3 aliphatic heterocycles. The van der Waals surface area contributed by atoms with Crippen LogP contribution in [0.3, 0.4) is 0 Å². The van der Waals surface area contributed by atoms with Crippen molar-refractivity contribution in [2.45, 2.75) is 130 Å². The molecule has 73 heavy (non-hydrogen) atoms. The van der Waals surface area contributed by atoms with E-state index < -0.39 is 29.1 Å². The van der Waals surface area contributed by atoms with Gasteiger partial charge in [0.15, 0.2) is 0 Å². The van der Waals surface area contributed by atoms with Gasteiger partial charge in [-0.2, -0.15) is 13.2 Å². The fourth-order valence-corrected chi connectivity index (χ4v) is 11.1. The van der Waals surface area contributed by atoms with Crippen LogP contribution < -0.4 is 15.4 Å². The monoisotopic (exact) mass is 1020 g/mol. The summed E-state index contributed by atoms with van der Waals surface area (Å²) in [5.41, 5.74) is 2.76. The Balaban J connectivity index is 0.815. The third-order valence-corrected chi connectivity index (χ3v) is 15.7. The number of rotatable bonds is 21. The van der Waals surface area contributed by atoms with Gasteiger partial charge in [-0.1, -0.05) is 107 Å². The van der Waals surface area contributed by atoms with E-state index >= 15 is 0 Å². The quantitative estimate of drug-likeness (QED) is 0.0796. The molecule has 4 aromatic carbocycles. The van der Waals surface area contributed by atoms with Gasteiger partial charge in [0.2, 0.25) is 17.7 Å². The second-order valence-corrected chi connectivity index (χ2v) is 22.2. The highest BCUT2D eigenvalue weighted by Crippen LogP contribution is 2.38. The number of benzene rings is 4. The van der Waals surface area contributed by atoms with Gasteiger partial charge in [-0.25, -0.2) is 0 Å². The second-order valence-electron chi connectivity index (χ2n) is 21.3. The number of halogens is 3. The third-order valence-electron chi connectivity index (χ3n) is 14.6. The maximum Gasteiger partial charge on any atom is 0.416 e. The zero-order chi connectivity index (χ0) is 52.5. The van der Waals surface area contributed by atoms with Gasteiger partial charge in [-0.3, -0.25) is 24.0 Å². The van der Waals surface area contributed by atoms with Crippen LogP contribution in [0.4, 0.5) is 13.2 Å². The van der Waals surface area contributed by atoms with Crippen LogP contribution >= 0.6 is 11.8 Å². The van der Waals surface area contributed by atoms with Gasteiger partial charge in [0.05, 0.1) is 11.6 Å². The summed E-state index contributed by atoms with van der Waals surface area (Å²) in [7, 11) is 0. The summed E-state index contributed by atoms with van der Waals surface area (Å²) < 4.78 is 45.0. The van der Waals surface area contributed by atoms with Crippen molar-refractivity contribution in [3.8, 4) is 11.5 Å². The van der Waals surface area contributed by atoms with Crippen molar-refractivity contribution >= 4 is 56.9 Å². The molecule has 2 fully saturated rings. The first-order valence-electron chi connectivity index (χ1n) is 26.0. The number of ketones is 1. The van der Waals surface area contributed by atoms with Crippen LogP contribution in [-0.2, 0) is 25.4 Å². The van der Waals surface area contributed by atoms with Crippen LogP contribution in [0.5, 0.6) is 11.5 Å². The van der Waals surface area contributed by atoms with Crippen LogP contribution in [-0.4, -0.2) is 71.4 Å². The molecule has 0 spiro atoms. The van der Waals surface area contributed by atoms with Gasteiger partial charge >= 0.3 is 6.18 Å². The van der Waals surface area contributed by atoms with Crippen LogP contribution in [0.2, 0.25) is 0 Å². The first kappa shape index (κ1) is 54.9. The Kier molecular flexibility index (Phi) is 18.4. The van der Waals surface area contributed by atoms with Gasteiger partial charge in [0.25, 0.3) is 5.91 Å². The largest absolute Gasteiger partial charge is 0.457 e. The number of carbonyl (C=O) groups excluding carboxylic acids is 5. The van der Waals surface area contributed by atoms with Crippen molar-refractivity contribution in [1.29, 1.82) is 0 Å². The number of amides is 4. The number of nitrogens with one attached hydrogen (secondary N) is 2. The molecule has 0 saturated carbocycles. The van der Waals surface area contributed by atoms with E-state index in [1.54, 1.807) is 51.9 Å². The lowest BCUT2D eigenvalue weighted by Gasteiger charge is -2.39.